The van der Waals surface area contributed by atoms with Gasteiger partial charge in [-0.3, -0.25) is 0 Å². The van der Waals surface area contributed by atoms with Crippen LogP contribution in [0.25, 0.3) is 0 Å². The van der Waals surface area contributed by atoms with Crippen molar-refractivity contribution < 1.29 is 0 Å². The summed E-state index contributed by atoms with van der Waals surface area (Å²) >= 11 is 2.20. The van der Waals surface area contributed by atoms with Gasteiger partial charge in [-0.2, -0.15) is 11.8 Å². The topological polar surface area (TPSA) is 0 Å². The highest BCUT2D eigenvalue weighted by atomic mass is 32.2. The molecule has 0 nitrogen and oxygen atoms in total. The van der Waals surface area contributed by atoms with Crippen LogP contribution in [0, 0.1) is 5.92 Å². The molecule has 1 rings (SSSR count). The van der Waals surface area contributed by atoms with E-state index in [2.05, 4.69) is 32.5 Å². The van der Waals surface area contributed by atoms with Crippen molar-refractivity contribution in [1.82, 2.24) is 0 Å². The quantitative estimate of drug-likeness (QED) is 0.594. The smallest absolute Gasteiger partial charge is 0.00526 e. The highest BCUT2D eigenvalue weighted by Gasteiger charge is 2.27. The lowest BCUT2D eigenvalue weighted by atomic mass is 10.0. The number of hydrogen-bond donors (Lipinski definition) is 0. The minimum absolute atomic E-state index is 0.913. The summed E-state index contributed by atoms with van der Waals surface area (Å²) in [6, 6.07) is 0. The molecule has 1 aliphatic heterocycles. The zero-order valence-electron chi connectivity index (χ0n) is 7.26. The van der Waals surface area contributed by atoms with Gasteiger partial charge in [0.1, 0.15) is 0 Å². The Morgan fingerprint density at radius 3 is 2.50 bits per heavy atom. The van der Waals surface area contributed by atoms with Crippen molar-refractivity contribution in [3.05, 3.63) is 0 Å². The van der Waals surface area contributed by atoms with Gasteiger partial charge in [0.15, 0.2) is 0 Å². The third-order valence-corrected chi connectivity index (χ3v) is 4.16. The second-order valence-corrected chi connectivity index (χ2v) is 5.15. The van der Waals surface area contributed by atoms with Gasteiger partial charge in [0.05, 0.1) is 0 Å². The van der Waals surface area contributed by atoms with E-state index in [4.69, 9.17) is 0 Å². The van der Waals surface area contributed by atoms with Crippen LogP contribution in [0.4, 0.5) is 0 Å². The molecule has 0 aromatic carbocycles. The summed E-state index contributed by atoms with van der Waals surface area (Å²) in [5.74, 6) is 0.960. The zero-order valence-corrected chi connectivity index (χ0v) is 8.08. The summed E-state index contributed by atoms with van der Waals surface area (Å²) in [6.07, 6.45) is 4.25. The van der Waals surface area contributed by atoms with Gasteiger partial charge in [-0.05, 0) is 18.8 Å². The number of hydrogen-bond acceptors (Lipinski definition) is 1. The molecule has 0 amide bonds. The van der Waals surface area contributed by atoms with E-state index in [0.717, 1.165) is 16.4 Å². The molecule has 10 heavy (non-hydrogen) atoms. The standard InChI is InChI=1S/C9H18S/c1-4-5-9-6-7(2)8(3)10-9/h7-9H,4-6H2,1-3H3. The van der Waals surface area contributed by atoms with Gasteiger partial charge in [-0.15, -0.1) is 0 Å². The van der Waals surface area contributed by atoms with Crippen LogP contribution in [0.15, 0.2) is 0 Å². The van der Waals surface area contributed by atoms with E-state index in [1.54, 1.807) is 0 Å². The molecular formula is C9H18S. The lowest BCUT2D eigenvalue weighted by Gasteiger charge is -2.05. The highest BCUT2D eigenvalue weighted by molar-refractivity contribution is 8.00. The third kappa shape index (κ3) is 1.91. The van der Waals surface area contributed by atoms with Gasteiger partial charge in [0.2, 0.25) is 0 Å². The predicted molar refractivity (Wildman–Crippen MR) is 49.5 cm³/mol. The molecular weight excluding hydrogens is 140 g/mol. The lowest BCUT2D eigenvalue weighted by molar-refractivity contribution is 0.538. The number of rotatable bonds is 2. The van der Waals surface area contributed by atoms with Crippen molar-refractivity contribution in [2.45, 2.75) is 50.5 Å². The van der Waals surface area contributed by atoms with E-state index in [9.17, 15) is 0 Å². The summed E-state index contributed by atoms with van der Waals surface area (Å²) in [7, 11) is 0. The molecule has 1 heteroatoms. The van der Waals surface area contributed by atoms with Crippen molar-refractivity contribution in [2.24, 2.45) is 5.92 Å². The average Bonchev–Trinajstić information content (AvgIpc) is 2.14. The molecule has 1 saturated heterocycles. The number of thioether (sulfide) groups is 1. The fourth-order valence-electron chi connectivity index (χ4n) is 1.61. The van der Waals surface area contributed by atoms with E-state index < -0.39 is 0 Å². The van der Waals surface area contributed by atoms with Crippen LogP contribution in [0.5, 0.6) is 0 Å². The van der Waals surface area contributed by atoms with E-state index >= 15 is 0 Å². The van der Waals surface area contributed by atoms with Crippen LogP contribution >= 0.6 is 11.8 Å². The van der Waals surface area contributed by atoms with Crippen molar-refractivity contribution in [1.29, 1.82) is 0 Å². The monoisotopic (exact) mass is 158 g/mol. The summed E-state index contributed by atoms with van der Waals surface area (Å²) in [5.41, 5.74) is 0. The molecule has 3 unspecified atom stereocenters. The fourth-order valence-corrected chi connectivity index (χ4v) is 3.38. The molecule has 60 valence electrons. The zero-order chi connectivity index (χ0) is 7.56. The summed E-state index contributed by atoms with van der Waals surface area (Å²) in [5, 5.41) is 1.89. The Kier molecular flexibility index (Phi) is 3.09. The molecule has 0 aromatic heterocycles. The Bertz CT molecular complexity index is 90.9. The van der Waals surface area contributed by atoms with Crippen molar-refractivity contribution in [3.63, 3.8) is 0 Å². The maximum atomic E-state index is 2.38. The maximum Gasteiger partial charge on any atom is 0.00526 e. The molecule has 0 spiro atoms. The molecule has 1 aliphatic rings. The van der Waals surface area contributed by atoms with Crippen LogP contribution < -0.4 is 0 Å². The van der Waals surface area contributed by atoms with Crippen molar-refractivity contribution in [3.8, 4) is 0 Å². The first-order chi connectivity index (χ1) is 4.74. The Morgan fingerprint density at radius 1 is 1.40 bits per heavy atom. The summed E-state index contributed by atoms with van der Waals surface area (Å²) in [6.45, 7) is 7.03. The van der Waals surface area contributed by atoms with Crippen LogP contribution in [0.1, 0.15) is 40.0 Å². The third-order valence-electron chi connectivity index (χ3n) is 2.45. The first kappa shape index (κ1) is 8.45. The Labute approximate surface area is 68.8 Å². The molecule has 0 saturated carbocycles. The molecule has 1 fully saturated rings. The second kappa shape index (κ2) is 3.66. The minimum atomic E-state index is 0.913. The van der Waals surface area contributed by atoms with Gasteiger partial charge in [0.25, 0.3) is 0 Å². The SMILES string of the molecule is CCCC1CC(C)C(C)S1. The molecule has 0 radical (unpaired) electrons. The van der Waals surface area contributed by atoms with Gasteiger partial charge < -0.3 is 0 Å². The Morgan fingerprint density at radius 2 is 2.10 bits per heavy atom. The van der Waals surface area contributed by atoms with E-state index in [1.807, 2.05) is 0 Å². The Balaban J connectivity index is 2.27. The fraction of sp³-hybridized carbons (Fsp3) is 1.00. The molecule has 0 aliphatic carbocycles. The van der Waals surface area contributed by atoms with Gasteiger partial charge in [-0.1, -0.05) is 27.2 Å². The van der Waals surface area contributed by atoms with E-state index in [0.29, 0.717) is 0 Å². The van der Waals surface area contributed by atoms with E-state index in [1.165, 1.54) is 19.3 Å². The first-order valence-electron chi connectivity index (χ1n) is 4.39. The van der Waals surface area contributed by atoms with Gasteiger partial charge in [0, 0.05) is 10.5 Å². The predicted octanol–water partition coefficient (Wildman–Crippen LogP) is 3.32. The van der Waals surface area contributed by atoms with Crippen molar-refractivity contribution >= 4 is 11.8 Å². The first-order valence-corrected chi connectivity index (χ1v) is 5.33. The molecule has 0 aromatic rings. The molecule has 0 N–H and O–H groups in total. The van der Waals surface area contributed by atoms with E-state index in [-0.39, 0.29) is 0 Å². The molecule has 1 heterocycles. The summed E-state index contributed by atoms with van der Waals surface area (Å²) < 4.78 is 0. The maximum absolute atomic E-state index is 2.38. The van der Waals surface area contributed by atoms with Gasteiger partial charge in [-0.25, -0.2) is 0 Å². The Hall–Kier alpha value is 0.350. The average molecular weight is 158 g/mol. The highest BCUT2D eigenvalue weighted by Crippen LogP contribution is 2.39. The van der Waals surface area contributed by atoms with Crippen LogP contribution in [0.3, 0.4) is 0 Å². The van der Waals surface area contributed by atoms with Crippen LogP contribution in [-0.4, -0.2) is 10.5 Å². The van der Waals surface area contributed by atoms with Crippen molar-refractivity contribution in [2.75, 3.05) is 0 Å². The second-order valence-electron chi connectivity index (χ2n) is 3.46. The molecule has 0 bridgehead atoms. The molecule has 3 atom stereocenters. The minimum Gasteiger partial charge on any atom is -0.155 e. The lowest BCUT2D eigenvalue weighted by Crippen LogP contribution is -2.00. The summed E-state index contributed by atoms with van der Waals surface area (Å²) in [4.78, 5) is 0. The normalized spacial score (nSPS) is 40.5. The largest absolute Gasteiger partial charge is 0.155 e. The van der Waals surface area contributed by atoms with Crippen LogP contribution in [-0.2, 0) is 0 Å². The van der Waals surface area contributed by atoms with Crippen LogP contribution in [0.2, 0.25) is 0 Å². The van der Waals surface area contributed by atoms with Gasteiger partial charge >= 0.3 is 0 Å².